The van der Waals surface area contributed by atoms with Crippen LogP contribution in [0.25, 0.3) is 10.2 Å². The van der Waals surface area contributed by atoms with E-state index in [0.717, 1.165) is 21.5 Å². The van der Waals surface area contributed by atoms with Gasteiger partial charge in [0.2, 0.25) is 5.91 Å². The van der Waals surface area contributed by atoms with E-state index in [2.05, 4.69) is 10.3 Å². The van der Waals surface area contributed by atoms with Crippen LogP contribution in [0.1, 0.15) is 20.9 Å². The zero-order valence-electron chi connectivity index (χ0n) is 12.5. The van der Waals surface area contributed by atoms with E-state index in [1.165, 1.54) is 16.2 Å². The van der Waals surface area contributed by atoms with Crippen molar-refractivity contribution in [3.63, 3.8) is 0 Å². The summed E-state index contributed by atoms with van der Waals surface area (Å²) in [4.78, 5) is 30.7. The highest BCUT2D eigenvalue weighted by atomic mass is 32.1. The van der Waals surface area contributed by atoms with Gasteiger partial charge >= 0.3 is 0 Å². The van der Waals surface area contributed by atoms with E-state index in [0.29, 0.717) is 10.6 Å². The first-order valence-corrected chi connectivity index (χ1v) is 7.27. The van der Waals surface area contributed by atoms with Gasteiger partial charge in [0.1, 0.15) is 9.71 Å². The van der Waals surface area contributed by atoms with Crippen molar-refractivity contribution < 1.29 is 9.59 Å². The molecule has 7 heteroatoms. The number of thiophene rings is 1. The molecule has 6 nitrogen and oxygen atoms in total. The highest BCUT2D eigenvalue weighted by Crippen LogP contribution is 2.34. The molecule has 0 saturated heterocycles. The number of aromatic nitrogens is 1. The molecule has 0 saturated carbocycles. The van der Waals surface area contributed by atoms with Gasteiger partial charge in [-0.25, -0.2) is 4.98 Å². The van der Waals surface area contributed by atoms with Gasteiger partial charge in [0.05, 0.1) is 12.2 Å². The molecule has 2 aromatic heterocycles. The first-order valence-electron chi connectivity index (χ1n) is 6.45. The normalized spacial score (nSPS) is 10.7. The average molecular weight is 306 g/mol. The van der Waals surface area contributed by atoms with Crippen molar-refractivity contribution in [3.8, 4) is 0 Å². The van der Waals surface area contributed by atoms with Crippen molar-refractivity contribution in [3.05, 3.63) is 22.2 Å². The van der Waals surface area contributed by atoms with E-state index in [1.807, 2.05) is 19.9 Å². The van der Waals surface area contributed by atoms with Gasteiger partial charge in [-0.2, -0.15) is 0 Å². The van der Waals surface area contributed by atoms with E-state index in [1.54, 1.807) is 14.1 Å². The molecule has 0 aliphatic heterocycles. The van der Waals surface area contributed by atoms with Crippen molar-refractivity contribution in [1.29, 1.82) is 0 Å². The molecule has 2 aromatic rings. The highest BCUT2D eigenvalue weighted by molar-refractivity contribution is 7.21. The van der Waals surface area contributed by atoms with E-state index in [4.69, 9.17) is 5.73 Å². The molecule has 0 radical (unpaired) electrons. The molecule has 0 atom stereocenters. The SMILES string of the molecule is Cc1cc(C)c2c(N)c(C(=O)NCC(=O)N(C)C)sc2n1. The average Bonchev–Trinajstić information content (AvgIpc) is 2.72. The topological polar surface area (TPSA) is 88.3 Å². The Balaban J connectivity index is 2.30. The van der Waals surface area contributed by atoms with Gasteiger partial charge in [-0.1, -0.05) is 0 Å². The Labute approximate surface area is 127 Å². The number of hydrogen-bond acceptors (Lipinski definition) is 5. The molecule has 0 unspecified atom stereocenters. The number of nitrogen functional groups attached to an aromatic ring is 1. The molecule has 0 aromatic carbocycles. The van der Waals surface area contributed by atoms with Crippen LogP contribution in [0.2, 0.25) is 0 Å². The summed E-state index contributed by atoms with van der Waals surface area (Å²) in [6.45, 7) is 3.79. The number of aryl methyl sites for hydroxylation is 2. The summed E-state index contributed by atoms with van der Waals surface area (Å²) >= 11 is 1.25. The fourth-order valence-electron chi connectivity index (χ4n) is 2.03. The number of pyridine rings is 1. The number of nitrogens with one attached hydrogen (secondary N) is 1. The van der Waals surface area contributed by atoms with Gasteiger partial charge < -0.3 is 16.0 Å². The van der Waals surface area contributed by atoms with Crippen LogP contribution in [0.5, 0.6) is 0 Å². The summed E-state index contributed by atoms with van der Waals surface area (Å²) in [5.41, 5.74) is 8.38. The Morgan fingerprint density at radius 3 is 2.67 bits per heavy atom. The number of anilines is 1. The smallest absolute Gasteiger partial charge is 0.264 e. The van der Waals surface area contributed by atoms with Crippen LogP contribution in [0.3, 0.4) is 0 Å². The molecule has 0 bridgehead atoms. The molecular formula is C14H18N4O2S. The number of fused-ring (bicyclic) bond motifs is 1. The summed E-state index contributed by atoms with van der Waals surface area (Å²) in [6.07, 6.45) is 0. The Morgan fingerprint density at radius 1 is 1.38 bits per heavy atom. The van der Waals surface area contributed by atoms with Crippen molar-refractivity contribution in [2.75, 3.05) is 26.4 Å². The summed E-state index contributed by atoms with van der Waals surface area (Å²) in [7, 11) is 3.27. The number of carbonyl (C=O) groups excluding carboxylic acids is 2. The maximum absolute atomic E-state index is 12.2. The molecule has 0 fully saturated rings. The summed E-state index contributed by atoms with van der Waals surface area (Å²) in [5, 5.41) is 3.40. The van der Waals surface area contributed by atoms with E-state index in [9.17, 15) is 9.59 Å². The predicted molar refractivity (Wildman–Crippen MR) is 84.5 cm³/mol. The Bertz CT molecular complexity index is 721. The largest absolute Gasteiger partial charge is 0.397 e. The molecular weight excluding hydrogens is 288 g/mol. The second-order valence-corrected chi connectivity index (χ2v) is 6.08. The number of rotatable bonds is 3. The molecule has 0 aliphatic rings. The Morgan fingerprint density at radius 2 is 2.05 bits per heavy atom. The minimum Gasteiger partial charge on any atom is -0.397 e. The Kier molecular flexibility index (Phi) is 4.13. The first-order chi connectivity index (χ1) is 9.81. The van der Waals surface area contributed by atoms with Crippen LogP contribution in [0.4, 0.5) is 5.69 Å². The molecule has 2 heterocycles. The van der Waals surface area contributed by atoms with E-state index >= 15 is 0 Å². The van der Waals surface area contributed by atoms with E-state index in [-0.39, 0.29) is 18.4 Å². The van der Waals surface area contributed by atoms with Crippen LogP contribution >= 0.6 is 11.3 Å². The zero-order chi connectivity index (χ0) is 15.7. The highest BCUT2D eigenvalue weighted by Gasteiger charge is 2.19. The summed E-state index contributed by atoms with van der Waals surface area (Å²) in [6, 6.07) is 1.93. The van der Waals surface area contributed by atoms with Crippen LogP contribution in [-0.2, 0) is 4.79 Å². The third kappa shape index (κ3) is 2.97. The van der Waals surface area contributed by atoms with Gasteiger partial charge in [-0.05, 0) is 25.5 Å². The number of carbonyl (C=O) groups is 2. The van der Waals surface area contributed by atoms with Crippen LogP contribution in [-0.4, -0.2) is 42.3 Å². The van der Waals surface area contributed by atoms with Crippen molar-refractivity contribution in [2.45, 2.75) is 13.8 Å². The van der Waals surface area contributed by atoms with Gasteiger partial charge in [0.25, 0.3) is 5.91 Å². The lowest BCUT2D eigenvalue weighted by molar-refractivity contribution is -0.127. The summed E-state index contributed by atoms with van der Waals surface area (Å²) < 4.78 is 0. The number of nitrogens with two attached hydrogens (primary N) is 1. The second kappa shape index (κ2) is 5.69. The minimum absolute atomic E-state index is 0.0506. The molecule has 0 spiro atoms. The maximum atomic E-state index is 12.2. The van der Waals surface area contributed by atoms with Crippen molar-refractivity contribution >= 4 is 39.1 Å². The number of likely N-dealkylation sites (N-methyl/N-ethyl adjacent to an activating group) is 1. The maximum Gasteiger partial charge on any atom is 0.264 e. The third-order valence-corrected chi connectivity index (χ3v) is 4.23. The standard InChI is InChI=1S/C14H18N4O2S/c1-7-5-8(2)17-14-10(7)11(15)12(21-14)13(20)16-6-9(19)18(3)4/h5H,6,15H2,1-4H3,(H,16,20). The van der Waals surface area contributed by atoms with E-state index < -0.39 is 0 Å². The predicted octanol–water partition coefficient (Wildman–Crippen LogP) is 1.31. The lowest BCUT2D eigenvalue weighted by atomic mass is 10.1. The number of nitrogens with zero attached hydrogens (tertiary/aromatic N) is 2. The minimum atomic E-state index is -0.345. The third-order valence-electron chi connectivity index (χ3n) is 3.13. The van der Waals surface area contributed by atoms with Crippen molar-refractivity contribution in [1.82, 2.24) is 15.2 Å². The number of hydrogen-bond donors (Lipinski definition) is 2. The Hall–Kier alpha value is -2.15. The molecule has 2 amide bonds. The molecule has 2 rings (SSSR count). The lowest BCUT2D eigenvalue weighted by Gasteiger charge is -2.10. The number of amides is 2. The fraction of sp³-hybridized carbons (Fsp3) is 0.357. The molecule has 112 valence electrons. The lowest BCUT2D eigenvalue weighted by Crippen LogP contribution is -2.36. The van der Waals surface area contributed by atoms with Gasteiger partial charge in [0, 0.05) is 25.2 Å². The zero-order valence-corrected chi connectivity index (χ0v) is 13.3. The summed E-state index contributed by atoms with van der Waals surface area (Å²) in [5.74, 6) is -0.518. The van der Waals surface area contributed by atoms with Gasteiger partial charge in [0.15, 0.2) is 0 Å². The molecule has 3 N–H and O–H groups in total. The quantitative estimate of drug-likeness (QED) is 0.895. The molecule has 21 heavy (non-hydrogen) atoms. The van der Waals surface area contributed by atoms with Crippen molar-refractivity contribution in [2.24, 2.45) is 0 Å². The first kappa shape index (κ1) is 15.2. The van der Waals surface area contributed by atoms with Crippen LogP contribution in [0.15, 0.2) is 6.07 Å². The van der Waals surface area contributed by atoms with Gasteiger partial charge in [-0.15, -0.1) is 11.3 Å². The molecule has 0 aliphatic carbocycles. The van der Waals surface area contributed by atoms with Crippen LogP contribution in [0, 0.1) is 13.8 Å². The fourth-order valence-corrected chi connectivity index (χ4v) is 3.17. The van der Waals surface area contributed by atoms with Gasteiger partial charge in [-0.3, -0.25) is 9.59 Å². The second-order valence-electron chi connectivity index (χ2n) is 5.08. The van der Waals surface area contributed by atoms with Crippen LogP contribution < -0.4 is 11.1 Å². The monoisotopic (exact) mass is 306 g/mol.